The highest BCUT2D eigenvalue weighted by Crippen LogP contribution is 2.39. The molecule has 0 unspecified atom stereocenters. The van der Waals surface area contributed by atoms with Crippen LogP contribution in [0.1, 0.15) is 15.9 Å². The van der Waals surface area contributed by atoms with Crippen LogP contribution in [-0.2, 0) is 6.54 Å². The lowest BCUT2D eigenvalue weighted by molar-refractivity contribution is 0.0950. The zero-order chi connectivity index (χ0) is 19.2. The molecule has 0 bridgehead atoms. The van der Waals surface area contributed by atoms with Gasteiger partial charge in [-0.2, -0.15) is 5.10 Å². The third-order valence-corrected chi connectivity index (χ3v) is 3.97. The third kappa shape index (κ3) is 3.84. The molecule has 140 valence electrons. The number of nitrogens with one attached hydrogen (secondary N) is 1. The molecule has 2 aromatic heterocycles. The molecule has 1 amide bonds. The Hall–Kier alpha value is -3.55. The largest absolute Gasteiger partial charge is 0.493 e. The van der Waals surface area contributed by atoms with Crippen LogP contribution in [0.4, 0.5) is 0 Å². The Labute approximate surface area is 156 Å². The van der Waals surface area contributed by atoms with E-state index in [0.29, 0.717) is 28.6 Å². The molecule has 0 aliphatic heterocycles. The average Bonchev–Trinajstić information content (AvgIpc) is 3.26. The molecule has 1 aromatic carbocycles. The molecule has 8 nitrogen and oxygen atoms in total. The number of carbonyl (C=O) groups excluding carboxylic acids is 1. The van der Waals surface area contributed by atoms with Gasteiger partial charge in [-0.05, 0) is 30.3 Å². The second-order valence-electron chi connectivity index (χ2n) is 5.53. The lowest BCUT2D eigenvalue weighted by Crippen LogP contribution is -2.23. The Morgan fingerprint density at radius 2 is 1.89 bits per heavy atom. The van der Waals surface area contributed by atoms with Gasteiger partial charge in [-0.1, -0.05) is 0 Å². The van der Waals surface area contributed by atoms with E-state index in [1.807, 2.05) is 6.07 Å². The van der Waals surface area contributed by atoms with Crippen molar-refractivity contribution in [3.63, 3.8) is 0 Å². The highest BCUT2D eigenvalue weighted by atomic mass is 16.5. The standard InChI is InChI=1S/C19H20N4O4/c1-25-15-7-5-13(17(26-2)18(15)27-3)11-21-19(24)14-6-8-16(20-12-14)23-10-4-9-22-23/h4-10,12H,11H2,1-3H3,(H,21,24). The fraction of sp³-hybridized carbons (Fsp3) is 0.211. The maximum absolute atomic E-state index is 12.4. The molecule has 0 spiro atoms. The minimum absolute atomic E-state index is 0.244. The summed E-state index contributed by atoms with van der Waals surface area (Å²) in [6, 6.07) is 8.83. The summed E-state index contributed by atoms with van der Waals surface area (Å²) in [5, 5.41) is 6.96. The molecule has 0 atom stereocenters. The molecule has 0 saturated carbocycles. The third-order valence-electron chi connectivity index (χ3n) is 3.97. The summed E-state index contributed by atoms with van der Waals surface area (Å²) >= 11 is 0. The first-order chi connectivity index (χ1) is 13.2. The number of ether oxygens (including phenoxy) is 3. The van der Waals surface area contributed by atoms with Gasteiger partial charge in [-0.25, -0.2) is 9.67 Å². The van der Waals surface area contributed by atoms with Crippen molar-refractivity contribution >= 4 is 5.91 Å². The van der Waals surface area contributed by atoms with Gasteiger partial charge >= 0.3 is 0 Å². The van der Waals surface area contributed by atoms with E-state index >= 15 is 0 Å². The van der Waals surface area contributed by atoms with Gasteiger partial charge in [0.05, 0.1) is 26.9 Å². The average molecular weight is 368 g/mol. The van der Waals surface area contributed by atoms with Crippen LogP contribution >= 0.6 is 0 Å². The lowest BCUT2D eigenvalue weighted by atomic mass is 10.1. The number of rotatable bonds is 7. The molecule has 0 aliphatic carbocycles. The molecule has 1 N–H and O–H groups in total. The molecule has 0 radical (unpaired) electrons. The molecule has 0 aliphatic rings. The molecular weight excluding hydrogens is 348 g/mol. The van der Waals surface area contributed by atoms with Gasteiger partial charge in [-0.3, -0.25) is 4.79 Å². The number of pyridine rings is 1. The van der Waals surface area contributed by atoms with Crippen LogP contribution in [0.5, 0.6) is 17.2 Å². The van der Waals surface area contributed by atoms with E-state index < -0.39 is 0 Å². The Bertz CT molecular complexity index is 908. The van der Waals surface area contributed by atoms with Crippen molar-refractivity contribution < 1.29 is 19.0 Å². The van der Waals surface area contributed by atoms with Crippen molar-refractivity contribution in [3.05, 3.63) is 60.0 Å². The van der Waals surface area contributed by atoms with Gasteiger partial charge in [-0.15, -0.1) is 0 Å². The van der Waals surface area contributed by atoms with Crippen molar-refractivity contribution in [1.29, 1.82) is 0 Å². The van der Waals surface area contributed by atoms with Crippen LogP contribution < -0.4 is 19.5 Å². The van der Waals surface area contributed by atoms with Crippen molar-refractivity contribution in [2.75, 3.05) is 21.3 Å². The summed E-state index contributed by atoms with van der Waals surface area (Å²) in [7, 11) is 4.63. The van der Waals surface area contributed by atoms with Gasteiger partial charge in [0.2, 0.25) is 5.75 Å². The summed E-state index contributed by atoms with van der Waals surface area (Å²) in [4.78, 5) is 16.7. The maximum Gasteiger partial charge on any atom is 0.253 e. The Balaban J connectivity index is 1.72. The maximum atomic E-state index is 12.4. The highest BCUT2D eigenvalue weighted by molar-refractivity contribution is 5.93. The first-order valence-electron chi connectivity index (χ1n) is 8.20. The predicted molar refractivity (Wildman–Crippen MR) is 98.6 cm³/mol. The Kier molecular flexibility index (Phi) is 5.55. The quantitative estimate of drug-likeness (QED) is 0.688. The zero-order valence-corrected chi connectivity index (χ0v) is 15.3. The number of methoxy groups -OCH3 is 3. The summed E-state index contributed by atoms with van der Waals surface area (Å²) in [6.45, 7) is 0.267. The van der Waals surface area contributed by atoms with Gasteiger partial charge in [0.1, 0.15) is 0 Å². The normalized spacial score (nSPS) is 10.3. The van der Waals surface area contributed by atoms with Crippen molar-refractivity contribution in [3.8, 4) is 23.1 Å². The van der Waals surface area contributed by atoms with E-state index in [4.69, 9.17) is 14.2 Å². The van der Waals surface area contributed by atoms with E-state index in [-0.39, 0.29) is 12.5 Å². The summed E-state index contributed by atoms with van der Waals surface area (Å²) < 4.78 is 17.7. The highest BCUT2D eigenvalue weighted by Gasteiger charge is 2.16. The molecule has 0 saturated heterocycles. The number of amides is 1. The molecular formula is C19H20N4O4. The first kappa shape index (κ1) is 18.2. The monoisotopic (exact) mass is 368 g/mol. The second kappa shape index (κ2) is 8.22. The van der Waals surface area contributed by atoms with Crippen molar-refractivity contribution in [2.24, 2.45) is 0 Å². The van der Waals surface area contributed by atoms with E-state index in [0.717, 1.165) is 5.56 Å². The number of hydrogen-bond acceptors (Lipinski definition) is 6. The molecule has 3 aromatic rings. The zero-order valence-electron chi connectivity index (χ0n) is 15.3. The van der Waals surface area contributed by atoms with Gasteiger partial charge in [0.25, 0.3) is 5.91 Å². The number of carbonyl (C=O) groups is 1. The molecule has 2 heterocycles. The van der Waals surface area contributed by atoms with Crippen LogP contribution in [0, 0.1) is 0 Å². The van der Waals surface area contributed by atoms with Crippen LogP contribution in [0.2, 0.25) is 0 Å². The summed E-state index contributed by atoms with van der Waals surface area (Å²) in [6.07, 6.45) is 4.96. The fourth-order valence-corrected chi connectivity index (χ4v) is 2.64. The number of aromatic nitrogens is 3. The van der Waals surface area contributed by atoms with Crippen LogP contribution in [0.15, 0.2) is 48.9 Å². The molecule has 8 heteroatoms. The van der Waals surface area contributed by atoms with Crippen LogP contribution in [0.3, 0.4) is 0 Å². The van der Waals surface area contributed by atoms with Gasteiger partial charge < -0.3 is 19.5 Å². The molecule has 0 fully saturated rings. The van der Waals surface area contributed by atoms with Crippen LogP contribution in [0.25, 0.3) is 5.82 Å². The number of benzene rings is 1. The topological polar surface area (TPSA) is 87.5 Å². The number of hydrogen-bond donors (Lipinski definition) is 1. The Morgan fingerprint density at radius 3 is 2.48 bits per heavy atom. The van der Waals surface area contributed by atoms with Crippen molar-refractivity contribution in [1.82, 2.24) is 20.1 Å². The van der Waals surface area contributed by atoms with Crippen molar-refractivity contribution in [2.45, 2.75) is 6.54 Å². The predicted octanol–water partition coefficient (Wildman–Crippen LogP) is 2.22. The number of nitrogens with zero attached hydrogens (tertiary/aromatic N) is 3. The molecule has 27 heavy (non-hydrogen) atoms. The van der Waals surface area contributed by atoms with Gasteiger partial charge in [0.15, 0.2) is 17.3 Å². The summed E-state index contributed by atoms with van der Waals surface area (Å²) in [5.41, 5.74) is 1.22. The first-order valence-corrected chi connectivity index (χ1v) is 8.20. The SMILES string of the molecule is COc1ccc(CNC(=O)c2ccc(-n3cccn3)nc2)c(OC)c1OC. The van der Waals surface area contributed by atoms with Gasteiger partial charge in [0, 0.05) is 30.7 Å². The van der Waals surface area contributed by atoms with E-state index in [2.05, 4.69) is 15.4 Å². The fourth-order valence-electron chi connectivity index (χ4n) is 2.64. The van der Waals surface area contributed by atoms with Crippen LogP contribution in [-0.4, -0.2) is 42.0 Å². The molecule has 3 rings (SSSR count). The summed E-state index contributed by atoms with van der Waals surface area (Å²) in [5.74, 6) is 1.95. The minimum atomic E-state index is -0.244. The minimum Gasteiger partial charge on any atom is -0.493 e. The second-order valence-corrected chi connectivity index (χ2v) is 5.53. The smallest absolute Gasteiger partial charge is 0.253 e. The van der Waals surface area contributed by atoms with E-state index in [9.17, 15) is 4.79 Å². The Morgan fingerprint density at radius 1 is 1.07 bits per heavy atom. The van der Waals surface area contributed by atoms with E-state index in [1.54, 1.807) is 55.6 Å². The van der Waals surface area contributed by atoms with E-state index in [1.165, 1.54) is 13.3 Å². The lowest BCUT2D eigenvalue weighted by Gasteiger charge is -2.16.